The molecule has 0 aliphatic carbocycles. The zero-order valence-electron chi connectivity index (χ0n) is 6.99. The van der Waals surface area contributed by atoms with Crippen LogP contribution in [-0.2, 0) is 0 Å². The molecule has 3 heteroatoms. The first-order chi connectivity index (χ1) is 5.30. The normalized spacial score (nSPS) is 7.00. The van der Waals surface area contributed by atoms with Gasteiger partial charge in [-0.05, 0) is 5.56 Å². The molecule has 1 aromatic carbocycles. The molecule has 0 spiro atoms. The molecular weight excluding hydrogens is 179 g/mol. The second-order valence-corrected chi connectivity index (χ2v) is 1.65. The van der Waals surface area contributed by atoms with Gasteiger partial charge in [0, 0.05) is 0 Å². The second-order valence-electron chi connectivity index (χ2n) is 1.65. The molecule has 0 saturated carbocycles. The Kier molecular flexibility index (Phi) is 11.1. The first kappa shape index (κ1) is 14.6. The molecule has 2 nitrogen and oxygen atoms in total. The quantitative estimate of drug-likeness (QED) is 0.365. The summed E-state index contributed by atoms with van der Waals surface area (Å²) in [4.78, 5) is 10.1. The van der Waals surface area contributed by atoms with E-state index in [0.29, 0.717) is 0 Å². The van der Waals surface area contributed by atoms with Gasteiger partial charge in [-0.2, -0.15) is 0 Å². The average Bonchev–Trinajstić information content (AvgIpc) is 2.10. The van der Waals surface area contributed by atoms with Crippen LogP contribution in [0.2, 0.25) is 0 Å². The summed E-state index contributed by atoms with van der Waals surface area (Å²) in [6, 6.07) is 8.06. The summed E-state index contributed by atoms with van der Waals surface area (Å²) in [6.45, 7) is 7.00. The van der Waals surface area contributed by atoms with Crippen molar-refractivity contribution >= 4 is 5.97 Å². The van der Waals surface area contributed by atoms with E-state index < -0.39 is 5.97 Å². The topological polar surface area (TPSA) is 40.1 Å². The summed E-state index contributed by atoms with van der Waals surface area (Å²) in [7, 11) is 0. The third-order valence-corrected chi connectivity index (χ3v) is 1.01. The van der Waals surface area contributed by atoms with Crippen LogP contribution in [0.25, 0.3) is 0 Å². The SMILES string of the molecule is O=C([O-])c1ccccc1.[CH-]=C.[K+]. The van der Waals surface area contributed by atoms with Gasteiger partial charge < -0.3 is 16.5 Å². The van der Waals surface area contributed by atoms with Crippen molar-refractivity contribution in [1.29, 1.82) is 0 Å². The maximum absolute atomic E-state index is 10.1. The number of carboxylic acids is 1. The van der Waals surface area contributed by atoms with Crippen molar-refractivity contribution in [2.24, 2.45) is 0 Å². The Balaban J connectivity index is 0. The van der Waals surface area contributed by atoms with E-state index in [1.165, 1.54) is 12.1 Å². The van der Waals surface area contributed by atoms with Crippen molar-refractivity contribution in [2.75, 3.05) is 0 Å². The molecule has 12 heavy (non-hydrogen) atoms. The number of aromatic carboxylic acids is 1. The minimum absolute atomic E-state index is 0. The van der Waals surface area contributed by atoms with Gasteiger partial charge >= 0.3 is 51.4 Å². The number of benzene rings is 1. The first-order valence-corrected chi connectivity index (χ1v) is 2.98. The maximum Gasteiger partial charge on any atom is 1.00 e. The molecule has 0 aliphatic heterocycles. The van der Waals surface area contributed by atoms with E-state index in [1.807, 2.05) is 0 Å². The fourth-order valence-corrected chi connectivity index (χ4v) is 0.574. The molecule has 0 aliphatic rings. The minimum atomic E-state index is -1.13. The van der Waals surface area contributed by atoms with E-state index >= 15 is 0 Å². The number of carbonyl (C=O) groups excluding carboxylic acids is 1. The van der Waals surface area contributed by atoms with Gasteiger partial charge in [-0.1, -0.05) is 30.3 Å². The summed E-state index contributed by atoms with van der Waals surface area (Å²) in [5, 5.41) is 10.1. The average molecular weight is 187 g/mol. The molecule has 0 heterocycles. The molecule has 0 amide bonds. The van der Waals surface area contributed by atoms with Crippen LogP contribution >= 0.6 is 0 Å². The monoisotopic (exact) mass is 187 g/mol. The maximum atomic E-state index is 10.1. The Morgan fingerprint density at radius 1 is 1.25 bits per heavy atom. The van der Waals surface area contributed by atoms with Crippen LogP contribution in [-0.4, -0.2) is 5.97 Å². The first-order valence-electron chi connectivity index (χ1n) is 2.98. The molecule has 0 fully saturated rings. The largest absolute Gasteiger partial charge is 1.00 e. The van der Waals surface area contributed by atoms with Crippen LogP contribution in [0.4, 0.5) is 0 Å². The molecule has 0 bridgehead atoms. The van der Waals surface area contributed by atoms with Crippen LogP contribution in [0.15, 0.2) is 36.9 Å². The fourth-order valence-electron chi connectivity index (χ4n) is 0.574. The number of hydrogen-bond donors (Lipinski definition) is 0. The Labute approximate surface area is 115 Å². The van der Waals surface area contributed by atoms with Crippen molar-refractivity contribution in [3.8, 4) is 0 Å². The number of hydrogen-bond acceptors (Lipinski definition) is 2. The van der Waals surface area contributed by atoms with E-state index in [9.17, 15) is 9.90 Å². The van der Waals surface area contributed by atoms with E-state index in [1.54, 1.807) is 18.2 Å². The Bertz CT molecular complexity index is 221. The van der Waals surface area contributed by atoms with E-state index in [-0.39, 0.29) is 56.9 Å². The molecule has 0 aromatic heterocycles. The van der Waals surface area contributed by atoms with Crippen molar-refractivity contribution in [2.45, 2.75) is 0 Å². The van der Waals surface area contributed by atoms with E-state index in [2.05, 4.69) is 13.2 Å². The molecule has 0 atom stereocenters. The van der Waals surface area contributed by atoms with Gasteiger partial charge in [-0.15, -0.1) is 0 Å². The summed E-state index contributed by atoms with van der Waals surface area (Å²) < 4.78 is 0. The standard InChI is InChI=1S/C7H6O2.C2H3.K/c8-7(9)6-4-2-1-3-5-6;1-2;/h1-5H,(H,8,9);1H,2H2;/q;-1;+1/p-1. The Morgan fingerprint density at radius 2 is 1.67 bits per heavy atom. The van der Waals surface area contributed by atoms with Crippen LogP contribution in [0.1, 0.15) is 10.4 Å². The number of carbonyl (C=O) groups is 1. The smallest absolute Gasteiger partial charge is 0.545 e. The van der Waals surface area contributed by atoms with E-state index in [4.69, 9.17) is 0 Å². The predicted molar refractivity (Wildman–Crippen MR) is 40.7 cm³/mol. The van der Waals surface area contributed by atoms with Crippen LogP contribution < -0.4 is 56.5 Å². The predicted octanol–water partition coefficient (Wildman–Crippen LogP) is -2.34. The summed E-state index contributed by atoms with van der Waals surface area (Å²) in [5.74, 6) is -1.13. The minimum Gasteiger partial charge on any atom is -0.545 e. The van der Waals surface area contributed by atoms with Gasteiger partial charge in [0.1, 0.15) is 0 Å². The molecule has 0 unspecified atom stereocenters. The molecule has 1 aromatic rings. The van der Waals surface area contributed by atoms with Crippen molar-refractivity contribution < 1.29 is 61.3 Å². The molecule has 58 valence electrons. The van der Waals surface area contributed by atoms with Crippen molar-refractivity contribution in [1.82, 2.24) is 0 Å². The van der Waals surface area contributed by atoms with Gasteiger partial charge in [-0.25, -0.2) is 0 Å². The van der Waals surface area contributed by atoms with Crippen LogP contribution in [0.3, 0.4) is 0 Å². The van der Waals surface area contributed by atoms with Crippen LogP contribution in [0, 0.1) is 6.58 Å². The summed E-state index contributed by atoms with van der Waals surface area (Å²) in [5.41, 5.74) is 0.220. The third-order valence-electron chi connectivity index (χ3n) is 1.01. The van der Waals surface area contributed by atoms with Gasteiger partial charge in [-0.3, -0.25) is 6.58 Å². The van der Waals surface area contributed by atoms with E-state index in [0.717, 1.165) is 0 Å². The fraction of sp³-hybridized carbons (Fsp3) is 0. The second kappa shape index (κ2) is 9.16. The van der Waals surface area contributed by atoms with Gasteiger partial charge in [0.05, 0.1) is 5.97 Å². The molecule has 1 rings (SSSR count). The van der Waals surface area contributed by atoms with Gasteiger partial charge in [0.25, 0.3) is 0 Å². The zero-order valence-corrected chi connectivity index (χ0v) is 10.1. The number of rotatable bonds is 1. The molecular formula is C9H8KO2-. The molecule has 0 radical (unpaired) electrons. The number of carboxylic acid groups (broad SMARTS) is 1. The van der Waals surface area contributed by atoms with Crippen LogP contribution in [0.5, 0.6) is 0 Å². The zero-order chi connectivity index (χ0) is 8.69. The Hall–Kier alpha value is 0.0664. The van der Waals surface area contributed by atoms with Gasteiger partial charge in [0.2, 0.25) is 0 Å². The summed E-state index contributed by atoms with van der Waals surface area (Å²) >= 11 is 0. The summed E-state index contributed by atoms with van der Waals surface area (Å²) in [6.07, 6.45) is 0. The van der Waals surface area contributed by atoms with Crippen molar-refractivity contribution in [3.63, 3.8) is 0 Å². The third kappa shape index (κ3) is 5.68. The van der Waals surface area contributed by atoms with Crippen molar-refractivity contribution in [3.05, 3.63) is 49.1 Å². The molecule has 0 N–H and O–H groups in total. The van der Waals surface area contributed by atoms with Gasteiger partial charge in [0.15, 0.2) is 0 Å². The Morgan fingerprint density at radius 3 is 1.92 bits per heavy atom. The molecule has 0 saturated heterocycles.